The number of rotatable bonds is 3. The van der Waals surface area contributed by atoms with Crippen LogP contribution in [0.5, 0.6) is 0 Å². The smallest absolute Gasteiger partial charge is 0.140 e. The average Bonchev–Trinajstić information content (AvgIpc) is 2.34. The summed E-state index contributed by atoms with van der Waals surface area (Å²) in [7, 11) is 0. The van der Waals surface area contributed by atoms with Crippen LogP contribution in [-0.4, -0.2) is 19.3 Å². The van der Waals surface area contributed by atoms with Gasteiger partial charge in [-0.05, 0) is 62.2 Å². The van der Waals surface area contributed by atoms with E-state index in [0.717, 1.165) is 25.9 Å². The van der Waals surface area contributed by atoms with Gasteiger partial charge in [0.25, 0.3) is 0 Å². The van der Waals surface area contributed by atoms with Crippen LogP contribution in [0.15, 0.2) is 17.0 Å². The van der Waals surface area contributed by atoms with Crippen LogP contribution in [0, 0.1) is 17.6 Å². The van der Waals surface area contributed by atoms with Crippen LogP contribution in [0.25, 0.3) is 0 Å². The summed E-state index contributed by atoms with van der Waals surface area (Å²) in [5, 5.41) is 3.28. The van der Waals surface area contributed by atoms with Crippen molar-refractivity contribution < 1.29 is 8.78 Å². The van der Waals surface area contributed by atoms with Crippen LogP contribution >= 0.6 is 11.8 Å². The van der Waals surface area contributed by atoms with Gasteiger partial charge >= 0.3 is 0 Å². The minimum absolute atomic E-state index is 0.238. The molecule has 1 N–H and O–H groups in total. The number of nitrogens with one attached hydrogen (secondary N) is 1. The van der Waals surface area contributed by atoms with E-state index in [1.54, 1.807) is 6.26 Å². The monoisotopic (exact) mass is 257 g/mol. The molecular formula is C13H17F2NS. The van der Waals surface area contributed by atoms with E-state index in [4.69, 9.17) is 0 Å². The van der Waals surface area contributed by atoms with Gasteiger partial charge in [-0.25, -0.2) is 8.78 Å². The molecule has 1 fully saturated rings. The van der Waals surface area contributed by atoms with Crippen molar-refractivity contribution in [2.45, 2.75) is 24.2 Å². The van der Waals surface area contributed by atoms with Gasteiger partial charge in [-0.1, -0.05) is 0 Å². The second-order valence-electron chi connectivity index (χ2n) is 4.48. The third-order valence-electron chi connectivity index (χ3n) is 3.27. The first-order valence-corrected chi connectivity index (χ1v) is 7.16. The zero-order chi connectivity index (χ0) is 12.3. The molecule has 1 aliphatic heterocycles. The minimum atomic E-state index is -0.334. The highest BCUT2D eigenvalue weighted by molar-refractivity contribution is 7.98. The molecule has 0 aromatic heterocycles. The van der Waals surface area contributed by atoms with Crippen molar-refractivity contribution >= 4 is 11.8 Å². The summed E-state index contributed by atoms with van der Waals surface area (Å²) in [6.45, 7) is 1.97. The van der Waals surface area contributed by atoms with Crippen LogP contribution in [0.3, 0.4) is 0 Å². The summed E-state index contributed by atoms with van der Waals surface area (Å²) in [6, 6.07) is 2.61. The molecule has 0 saturated carbocycles. The Morgan fingerprint density at radius 2 is 2.00 bits per heavy atom. The van der Waals surface area contributed by atoms with Crippen LogP contribution < -0.4 is 5.32 Å². The number of thioether (sulfide) groups is 1. The Labute approximate surface area is 105 Å². The molecule has 0 bridgehead atoms. The Bertz CT molecular complexity index is 389. The van der Waals surface area contributed by atoms with Crippen molar-refractivity contribution in [1.82, 2.24) is 5.32 Å². The second kappa shape index (κ2) is 5.83. The van der Waals surface area contributed by atoms with Gasteiger partial charge in [0.05, 0.1) is 0 Å². The first-order chi connectivity index (χ1) is 8.20. The number of piperidine rings is 1. The van der Waals surface area contributed by atoms with Crippen LogP contribution in [0.2, 0.25) is 0 Å². The fraction of sp³-hybridized carbons (Fsp3) is 0.538. The molecule has 0 radical (unpaired) electrons. The Morgan fingerprint density at radius 3 is 2.65 bits per heavy atom. The molecule has 17 heavy (non-hydrogen) atoms. The topological polar surface area (TPSA) is 12.0 Å². The summed E-state index contributed by atoms with van der Waals surface area (Å²) < 4.78 is 27.4. The van der Waals surface area contributed by atoms with E-state index in [1.165, 1.54) is 23.9 Å². The summed E-state index contributed by atoms with van der Waals surface area (Å²) >= 11 is 1.26. The predicted octanol–water partition coefficient (Wildman–Crippen LogP) is 3.23. The molecule has 1 saturated heterocycles. The molecule has 1 nitrogen and oxygen atoms in total. The lowest BCUT2D eigenvalue weighted by Gasteiger charge is -2.23. The van der Waals surface area contributed by atoms with Gasteiger partial charge in [0, 0.05) is 4.90 Å². The molecular weight excluding hydrogens is 240 g/mol. The Kier molecular flexibility index (Phi) is 4.40. The van der Waals surface area contributed by atoms with E-state index in [1.807, 2.05) is 0 Å². The average molecular weight is 257 g/mol. The molecule has 2 rings (SSSR count). The quantitative estimate of drug-likeness (QED) is 0.834. The highest BCUT2D eigenvalue weighted by Gasteiger charge is 2.17. The fourth-order valence-electron chi connectivity index (χ4n) is 2.31. The molecule has 1 aromatic rings. The molecule has 0 spiro atoms. The molecule has 0 atom stereocenters. The first-order valence-electron chi connectivity index (χ1n) is 5.93. The molecule has 0 unspecified atom stereocenters. The highest BCUT2D eigenvalue weighted by Crippen LogP contribution is 2.27. The zero-order valence-electron chi connectivity index (χ0n) is 9.93. The van der Waals surface area contributed by atoms with Gasteiger partial charge in [-0.2, -0.15) is 0 Å². The maximum Gasteiger partial charge on any atom is 0.140 e. The fourth-order valence-corrected chi connectivity index (χ4v) is 2.85. The maximum absolute atomic E-state index is 14.0. The van der Waals surface area contributed by atoms with Gasteiger partial charge in [0.1, 0.15) is 11.6 Å². The van der Waals surface area contributed by atoms with Gasteiger partial charge < -0.3 is 5.32 Å². The van der Waals surface area contributed by atoms with Crippen molar-refractivity contribution in [3.05, 3.63) is 29.3 Å². The van der Waals surface area contributed by atoms with Gasteiger partial charge in [-0.3, -0.25) is 0 Å². The van der Waals surface area contributed by atoms with E-state index < -0.39 is 0 Å². The zero-order valence-corrected chi connectivity index (χ0v) is 10.7. The molecule has 1 aliphatic rings. The lowest BCUT2D eigenvalue weighted by atomic mass is 9.91. The largest absolute Gasteiger partial charge is 0.317 e. The third kappa shape index (κ3) is 3.19. The van der Waals surface area contributed by atoms with Crippen LogP contribution in [0.4, 0.5) is 8.78 Å². The van der Waals surface area contributed by atoms with Crippen molar-refractivity contribution in [3.63, 3.8) is 0 Å². The molecule has 1 aromatic carbocycles. The molecule has 0 amide bonds. The van der Waals surface area contributed by atoms with E-state index in [0.29, 0.717) is 22.8 Å². The van der Waals surface area contributed by atoms with Crippen molar-refractivity contribution in [2.24, 2.45) is 5.92 Å². The maximum atomic E-state index is 14.0. The van der Waals surface area contributed by atoms with Crippen molar-refractivity contribution in [3.8, 4) is 0 Å². The lowest BCUT2D eigenvalue weighted by Crippen LogP contribution is -2.28. The van der Waals surface area contributed by atoms with E-state index in [2.05, 4.69) is 5.32 Å². The lowest BCUT2D eigenvalue weighted by molar-refractivity contribution is 0.367. The van der Waals surface area contributed by atoms with Crippen LogP contribution in [0.1, 0.15) is 18.4 Å². The Hall–Kier alpha value is -0.610. The number of hydrogen-bond donors (Lipinski definition) is 1. The molecule has 1 heterocycles. The van der Waals surface area contributed by atoms with E-state index in [9.17, 15) is 8.78 Å². The second-order valence-corrected chi connectivity index (χ2v) is 5.33. The normalized spacial score (nSPS) is 17.4. The predicted molar refractivity (Wildman–Crippen MR) is 67.4 cm³/mol. The summed E-state index contributed by atoms with van der Waals surface area (Å²) in [5.74, 6) is -0.0978. The van der Waals surface area contributed by atoms with Crippen molar-refractivity contribution in [2.75, 3.05) is 19.3 Å². The highest BCUT2D eigenvalue weighted by atomic mass is 32.2. The van der Waals surface area contributed by atoms with Gasteiger partial charge in [-0.15, -0.1) is 11.8 Å². The summed E-state index contributed by atoms with van der Waals surface area (Å²) in [6.07, 6.45) is 4.51. The number of hydrogen-bond acceptors (Lipinski definition) is 2. The summed E-state index contributed by atoms with van der Waals surface area (Å²) in [4.78, 5) is 0.411. The molecule has 94 valence electrons. The van der Waals surface area contributed by atoms with E-state index in [-0.39, 0.29) is 11.6 Å². The Morgan fingerprint density at radius 1 is 1.29 bits per heavy atom. The van der Waals surface area contributed by atoms with Crippen LogP contribution in [-0.2, 0) is 6.42 Å². The summed E-state index contributed by atoms with van der Waals surface area (Å²) in [5.41, 5.74) is 0.529. The Balaban J connectivity index is 2.16. The minimum Gasteiger partial charge on any atom is -0.317 e. The van der Waals surface area contributed by atoms with Gasteiger partial charge in [0.2, 0.25) is 0 Å². The third-order valence-corrected chi connectivity index (χ3v) is 4.00. The first kappa shape index (κ1) is 12.8. The van der Waals surface area contributed by atoms with Crippen molar-refractivity contribution in [1.29, 1.82) is 0 Å². The SMILES string of the molecule is CSc1cc(F)cc(CC2CCNCC2)c1F. The molecule has 4 heteroatoms. The molecule has 0 aliphatic carbocycles. The number of benzene rings is 1. The van der Waals surface area contributed by atoms with E-state index >= 15 is 0 Å². The number of halogens is 2. The van der Waals surface area contributed by atoms with Gasteiger partial charge in [0.15, 0.2) is 0 Å². The standard InChI is InChI=1S/C13H17F2NS/c1-17-12-8-11(14)7-10(13(12)15)6-9-2-4-16-5-3-9/h7-9,16H,2-6H2,1H3.